The molecule has 0 aromatic heterocycles. The van der Waals surface area contributed by atoms with Crippen LogP contribution in [0.1, 0.15) is 55.6 Å². The van der Waals surface area contributed by atoms with E-state index in [1.54, 1.807) is 12.5 Å². The van der Waals surface area contributed by atoms with Gasteiger partial charge < -0.3 is 23.7 Å². The molecule has 1 aliphatic carbocycles. The summed E-state index contributed by atoms with van der Waals surface area (Å²) in [4.78, 5) is 0. The normalized spacial score (nSPS) is 13.8. The standard InChI is InChI=1S/C75H52O5/c1-3-76-64-35-27-50-42-60(31-23-54(50)46-64)74(68-17-7-5-15-58(68)41-59-16-6-8-18-69(59)74)61-32-24-56-48-66(37-29-52(56)43-61)78-39-13-14-40-79-67-38-30-53-45-63(34-26-57(53)49-67)75(62-33-25-55-47-65(77-4-2)36-28-51(55)44-62)70-19-9-11-21-72(70)80-73-22-12-10-20-71(73)75/h3-40,42-49H,1-2,41H2/b39-13+,40-14+. The second-order valence-corrected chi connectivity index (χ2v) is 20.4. The van der Waals surface area contributed by atoms with E-state index in [2.05, 4.69) is 213 Å². The number of allylic oxidation sites excluding steroid dienone is 2. The van der Waals surface area contributed by atoms with E-state index >= 15 is 0 Å². The molecule has 12 aromatic carbocycles. The van der Waals surface area contributed by atoms with Crippen LogP contribution in [0.5, 0.6) is 34.5 Å². The van der Waals surface area contributed by atoms with E-state index in [-0.39, 0.29) is 0 Å². The van der Waals surface area contributed by atoms with Gasteiger partial charge in [-0.15, -0.1) is 0 Å². The molecule has 0 amide bonds. The van der Waals surface area contributed by atoms with E-state index < -0.39 is 10.8 Å². The summed E-state index contributed by atoms with van der Waals surface area (Å²) in [6.45, 7) is 7.49. The van der Waals surface area contributed by atoms with Gasteiger partial charge in [0.25, 0.3) is 0 Å². The van der Waals surface area contributed by atoms with Crippen molar-refractivity contribution in [2.75, 3.05) is 0 Å². The fraction of sp³-hybridized carbons (Fsp3) is 0.0400. The van der Waals surface area contributed by atoms with Gasteiger partial charge in [-0.1, -0.05) is 171 Å². The summed E-state index contributed by atoms with van der Waals surface area (Å²) in [7, 11) is 0. The summed E-state index contributed by atoms with van der Waals surface area (Å²) >= 11 is 0. The Hall–Kier alpha value is -10.4. The molecular weight excluding hydrogens is 981 g/mol. The predicted molar refractivity (Wildman–Crippen MR) is 324 cm³/mol. The third kappa shape index (κ3) is 8.09. The molecule has 0 bridgehead atoms. The van der Waals surface area contributed by atoms with Gasteiger partial charge in [-0.2, -0.15) is 0 Å². The van der Waals surface area contributed by atoms with E-state index in [4.69, 9.17) is 23.7 Å². The first-order chi connectivity index (χ1) is 39.5. The summed E-state index contributed by atoms with van der Waals surface area (Å²) < 4.78 is 30.2. The van der Waals surface area contributed by atoms with Crippen molar-refractivity contribution in [1.82, 2.24) is 0 Å². The Morgan fingerprint density at radius 2 is 0.613 bits per heavy atom. The molecule has 0 N–H and O–H groups in total. The third-order valence-corrected chi connectivity index (χ3v) is 16.1. The van der Waals surface area contributed by atoms with Crippen molar-refractivity contribution < 1.29 is 23.7 Å². The second kappa shape index (κ2) is 19.9. The first-order valence-electron chi connectivity index (χ1n) is 26.9. The van der Waals surface area contributed by atoms with Gasteiger partial charge in [0.2, 0.25) is 0 Å². The molecule has 14 rings (SSSR count). The maximum absolute atomic E-state index is 6.61. The summed E-state index contributed by atoms with van der Waals surface area (Å²) in [6.07, 6.45) is 10.8. The molecule has 0 fully saturated rings. The van der Waals surface area contributed by atoms with Crippen LogP contribution in [0.2, 0.25) is 0 Å². The van der Waals surface area contributed by atoms with Gasteiger partial charge in [-0.3, -0.25) is 0 Å². The fourth-order valence-electron chi connectivity index (χ4n) is 12.6. The molecule has 0 unspecified atom stereocenters. The van der Waals surface area contributed by atoms with Crippen LogP contribution in [-0.2, 0) is 17.3 Å². The van der Waals surface area contributed by atoms with Crippen LogP contribution >= 0.6 is 0 Å². The van der Waals surface area contributed by atoms with E-state index in [1.165, 1.54) is 45.9 Å². The number of rotatable bonds is 13. The zero-order valence-corrected chi connectivity index (χ0v) is 43.7. The molecule has 80 heavy (non-hydrogen) atoms. The lowest BCUT2D eigenvalue weighted by atomic mass is 9.59. The summed E-state index contributed by atoms with van der Waals surface area (Å²) in [5.74, 6) is 4.65. The number of hydrogen-bond acceptors (Lipinski definition) is 5. The molecule has 382 valence electrons. The molecule has 1 heterocycles. The van der Waals surface area contributed by atoms with Gasteiger partial charge in [0.1, 0.15) is 34.5 Å². The number of para-hydroxylation sites is 2. The summed E-state index contributed by atoms with van der Waals surface area (Å²) in [6, 6.07) is 86.6. The van der Waals surface area contributed by atoms with Crippen LogP contribution in [0.3, 0.4) is 0 Å². The molecule has 5 nitrogen and oxygen atoms in total. The number of benzene rings is 12. The number of ether oxygens (including phenoxy) is 5. The highest BCUT2D eigenvalue weighted by molar-refractivity contribution is 5.91. The van der Waals surface area contributed by atoms with Gasteiger partial charge in [-0.25, -0.2) is 0 Å². The van der Waals surface area contributed by atoms with Crippen molar-refractivity contribution >= 4 is 43.1 Å². The molecule has 5 heteroatoms. The third-order valence-electron chi connectivity index (χ3n) is 16.1. The van der Waals surface area contributed by atoms with Crippen molar-refractivity contribution in [1.29, 1.82) is 0 Å². The van der Waals surface area contributed by atoms with Gasteiger partial charge in [0, 0.05) is 11.1 Å². The van der Waals surface area contributed by atoms with E-state index in [1.807, 2.05) is 54.6 Å². The van der Waals surface area contributed by atoms with E-state index in [9.17, 15) is 0 Å². The quantitative estimate of drug-likeness (QED) is 0.0851. The lowest BCUT2D eigenvalue weighted by Gasteiger charge is -2.42. The Bertz CT molecular complexity index is 4130. The lowest BCUT2D eigenvalue weighted by molar-refractivity contribution is 0.434. The molecule has 0 atom stereocenters. The topological polar surface area (TPSA) is 46.2 Å². The van der Waals surface area contributed by atoms with Crippen LogP contribution in [0, 0.1) is 0 Å². The molecule has 0 saturated heterocycles. The highest BCUT2D eigenvalue weighted by Gasteiger charge is 2.46. The highest BCUT2D eigenvalue weighted by atomic mass is 16.5. The minimum absolute atomic E-state index is 0.560. The highest BCUT2D eigenvalue weighted by Crippen LogP contribution is 2.56. The van der Waals surface area contributed by atoms with Crippen LogP contribution < -0.4 is 23.7 Å². The van der Waals surface area contributed by atoms with Gasteiger partial charge >= 0.3 is 0 Å². The van der Waals surface area contributed by atoms with Crippen molar-refractivity contribution in [3.8, 4) is 34.5 Å². The smallest absolute Gasteiger partial charge is 0.132 e. The maximum atomic E-state index is 6.61. The molecule has 0 saturated carbocycles. The van der Waals surface area contributed by atoms with Crippen molar-refractivity contribution in [3.05, 3.63) is 349 Å². The average Bonchev–Trinajstić information content (AvgIpc) is 3.05. The molecule has 1 aliphatic heterocycles. The molecular formula is C75H52O5. The van der Waals surface area contributed by atoms with Crippen LogP contribution in [-0.4, -0.2) is 0 Å². The largest absolute Gasteiger partial charge is 0.466 e. The SMILES string of the molecule is C=COc1ccc2cc(C3(c4ccc5cc(O/C=C/C=C/Oc6ccc7cc(C8(c9ccc%10cc(OC=C)ccc%10c9)c9ccccc9Oc9ccccc98)ccc7c6)ccc5c4)c4ccccc4Cc4ccccc43)ccc2c1. The minimum atomic E-state index is -0.681. The van der Waals surface area contributed by atoms with Crippen molar-refractivity contribution in [2.24, 2.45) is 0 Å². The molecule has 0 spiro atoms. The number of fused-ring (bicyclic) bond motifs is 8. The number of hydrogen-bond donors (Lipinski definition) is 0. The zero-order valence-electron chi connectivity index (χ0n) is 43.7. The van der Waals surface area contributed by atoms with Crippen LogP contribution in [0.4, 0.5) is 0 Å². The summed E-state index contributed by atoms with van der Waals surface area (Å²) in [5, 5.41) is 8.81. The average molecular weight is 1030 g/mol. The summed E-state index contributed by atoms with van der Waals surface area (Å²) in [5.41, 5.74) is 10.9. The predicted octanol–water partition coefficient (Wildman–Crippen LogP) is 18.6. The van der Waals surface area contributed by atoms with Gasteiger partial charge in [0.05, 0.1) is 35.9 Å². The molecule has 12 aromatic rings. The maximum Gasteiger partial charge on any atom is 0.132 e. The first kappa shape index (κ1) is 48.0. The van der Waals surface area contributed by atoms with Crippen LogP contribution in [0.15, 0.2) is 293 Å². The Balaban J connectivity index is 0.724. The van der Waals surface area contributed by atoms with Gasteiger partial charge in [-0.05, 0) is 191 Å². The van der Waals surface area contributed by atoms with E-state index in [0.717, 1.165) is 106 Å². The Morgan fingerprint density at radius 1 is 0.312 bits per heavy atom. The van der Waals surface area contributed by atoms with Gasteiger partial charge in [0.15, 0.2) is 0 Å². The Morgan fingerprint density at radius 3 is 0.988 bits per heavy atom. The monoisotopic (exact) mass is 1030 g/mol. The zero-order chi connectivity index (χ0) is 53.6. The second-order valence-electron chi connectivity index (χ2n) is 20.4. The lowest BCUT2D eigenvalue weighted by Crippen LogP contribution is -2.36. The Labute approximate surface area is 464 Å². The fourth-order valence-corrected chi connectivity index (χ4v) is 12.6. The minimum Gasteiger partial charge on any atom is -0.466 e. The van der Waals surface area contributed by atoms with E-state index in [0.29, 0.717) is 0 Å². The van der Waals surface area contributed by atoms with Crippen molar-refractivity contribution in [3.63, 3.8) is 0 Å². The molecule has 2 aliphatic rings. The van der Waals surface area contributed by atoms with Crippen LogP contribution in [0.25, 0.3) is 43.1 Å². The molecule has 0 radical (unpaired) electrons. The first-order valence-corrected chi connectivity index (χ1v) is 26.9. The Kier molecular flexibility index (Phi) is 11.9. The van der Waals surface area contributed by atoms with Crippen molar-refractivity contribution in [2.45, 2.75) is 17.3 Å².